The summed E-state index contributed by atoms with van der Waals surface area (Å²) < 4.78 is 0.809. The van der Waals surface area contributed by atoms with Crippen LogP contribution in [0.25, 0.3) is 0 Å². The number of amides is 2. The fraction of sp³-hybridized carbons (Fsp3) is 0.333. The maximum atomic E-state index is 12.7. The van der Waals surface area contributed by atoms with Crippen molar-refractivity contribution in [1.82, 2.24) is 15.1 Å². The lowest BCUT2D eigenvalue weighted by molar-refractivity contribution is -0.128. The molecule has 0 bridgehead atoms. The van der Waals surface area contributed by atoms with Crippen LogP contribution in [0, 0.1) is 19.8 Å². The number of carbonyl (C=O) groups excluding carboxylic acids is 2. The fourth-order valence-electron chi connectivity index (χ4n) is 3.66. The first-order valence-corrected chi connectivity index (χ1v) is 12.4. The minimum atomic E-state index is -0.354. The second-order valence-electron chi connectivity index (χ2n) is 8.12. The van der Waals surface area contributed by atoms with E-state index in [9.17, 15) is 9.59 Å². The Hall–Kier alpha value is -2.71. The number of carbonyl (C=O) groups is 2. The first-order chi connectivity index (χ1) is 15.5. The smallest absolute Gasteiger partial charge is 0.231 e. The van der Waals surface area contributed by atoms with Crippen LogP contribution in [0.2, 0.25) is 0 Å². The Bertz CT molecular complexity index is 1100. The molecule has 0 radical (unpaired) electrons. The van der Waals surface area contributed by atoms with E-state index in [4.69, 9.17) is 0 Å². The number of thioether (sulfide) groups is 1. The van der Waals surface area contributed by atoms with Gasteiger partial charge in [-0.25, -0.2) is 0 Å². The van der Waals surface area contributed by atoms with Gasteiger partial charge in [0.05, 0.1) is 5.92 Å². The third-order valence-electron chi connectivity index (χ3n) is 5.46. The predicted molar refractivity (Wildman–Crippen MR) is 129 cm³/mol. The van der Waals surface area contributed by atoms with Crippen molar-refractivity contribution in [2.45, 2.75) is 36.8 Å². The highest BCUT2D eigenvalue weighted by Crippen LogP contribution is 2.29. The van der Waals surface area contributed by atoms with Crippen LogP contribution in [0.1, 0.15) is 28.7 Å². The Morgan fingerprint density at radius 1 is 1.12 bits per heavy atom. The van der Waals surface area contributed by atoms with Crippen molar-refractivity contribution < 1.29 is 9.59 Å². The van der Waals surface area contributed by atoms with Crippen molar-refractivity contribution in [1.29, 1.82) is 0 Å². The third kappa shape index (κ3) is 5.95. The highest BCUT2D eigenvalue weighted by atomic mass is 32.2. The molecule has 0 aliphatic carbocycles. The van der Waals surface area contributed by atoms with E-state index in [0.717, 1.165) is 16.5 Å². The van der Waals surface area contributed by atoms with Gasteiger partial charge in [0.15, 0.2) is 4.34 Å². The molecule has 2 heterocycles. The van der Waals surface area contributed by atoms with Gasteiger partial charge in [0.25, 0.3) is 0 Å². The molecule has 0 saturated carbocycles. The van der Waals surface area contributed by atoms with Crippen LogP contribution in [-0.2, 0) is 21.8 Å². The molecule has 3 aromatic rings. The number of likely N-dealkylation sites (tertiary alicyclic amines) is 1. The number of nitrogens with one attached hydrogen (secondary N) is 1. The highest BCUT2D eigenvalue weighted by molar-refractivity contribution is 8.00. The van der Waals surface area contributed by atoms with Crippen LogP contribution in [0.4, 0.5) is 5.13 Å². The van der Waals surface area contributed by atoms with E-state index in [1.54, 1.807) is 16.7 Å². The van der Waals surface area contributed by atoms with Crippen LogP contribution in [0.5, 0.6) is 0 Å². The van der Waals surface area contributed by atoms with E-state index < -0.39 is 0 Å². The summed E-state index contributed by atoms with van der Waals surface area (Å²) in [6.45, 7) is 5.21. The molecular weight excluding hydrogens is 440 g/mol. The molecule has 6 nitrogen and oxygen atoms in total. The maximum Gasteiger partial charge on any atom is 0.231 e. The van der Waals surface area contributed by atoms with Gasteiger partial charge in [0.2, 0.25) is 16.9 Å². The van der Waals surface area contributed by atoms with E-state index in [1.807, 2.05) is 6.07 Å². The van der Waals surface area contributed by atoms with Crippen molar-refractivity contribution >= 4 is 40.0 Å². The molecule has 166 valence electrons. The SMILES string of the molecule is Cc1ccc(CCN2CC(C(=O)Nc3nnc(SCc4cccc(C)c4)s3)CC2=O)cc1. The Morgan fingerprint density at radius 2 is 1.94 bits per heavy atom. The lowest BCUT2D eigenvalue weighted by Crippen LogP contribution is -2.30. The molecular formula is C24H26N4O2S2. The average molecular weight is 467 g/mol. The zero-order chi connectivity index (χ0) is 22.5. The topological polar surface area (TPSA) is 75.2 Å². The van der Waals surface area contributed by atoms with Gasteiger partial charge in [-0.05, 0) is 31.4 Å². The lowest BCUT2D eigenvalue weighted by Gasteiger charge is -2.16. The summed E-state index contributed by atoms with van der Waals surface area (Å²) in [6.07, 6.45) is 1.03. The van der Waals surface area contributed by atoms with Crippen molar-refractivity contribution in [2.75, 3.05) is 18.4 Å². The number of aromatic nitrogens is 2. The molecule has 2 amide bonds. The van der Waals surface area contributed by atoms with Gasteiger partial charge < -0.3 is 10.2 Å². The molecule has 32 heavy (non-hydrogen) atoms. The van der Waals surface area contributed by atoms with E-state index in [0.29, 0.717) is 18.2 Å². The Balaban J connectivity index is 1.26. The molecule has 1 aromatic heterocycles. The first kappa shape index (κ1) is 22.5. The molecule has 1 aliphatic rings. The summed E-state index contributed by atoms with van der Waals surface area (Å²) in [7, 11) is 0. The summed E-state index contributed by atoms with van der Waals surface area (Å²) in [5, 5.41) is 11.6. The molecule has 8 heteroatoms. The van der Waals surface area contributed by atoms with E-state index in [2.05, 4.69) is 71.8 Å². The van der Waals surface area contributed by atoms with Crippen molar-refractivity contribution in [3.63, 3.8) is 0 Å². The quantitative estimate of drug-likeness (QED) is 0.391. The molecule has 0 spiro atoms. The zero-order valence-corrected chi connectivity index (χ0v) is 19.8. The van der Waals surface area contributed by atoms with Crippen molar-refractivity contribution in [2.24, 2.45) is 5.92 Å². The molecule has 1 atom stereocenters. The Morgan fingerprint density at radius 3 is 2.72 bits per heavy atom. The van der Waals surface area contributed by atoms with Gasteiger partial charge in [0, 0.05) is 25.3 Å². The van der Waals surface area contributed by atoms with Crippen LogP contribution in [0.3, 0.4) is 0 Å². The summed E-state index contributed by atoms with van der Waals surface area (Å²) in [5.74, 6) is 0.316. The molecule has 1 fully saturated rings. The summed E-state index contributed by atoms with van der Waals surface area (Å²) in [4.78, 5) is 26.9. The third-order valence-corrected chi connectivity index (χ3v) is 7.50. The van der Waals surface area contributed by atoms with Gasteiger partial charge >= 0.3 is 0 Å². The van der Waals surface area contributed by atoms with Gasteiger partial charge in [0.1, 0.15) is 0 Å². The van der Waals surface area contributed by atoms with E-state index >= 15 is 0 Å². The molecule has 1 N–H and O–H groups in total. The first-order valence-electron chi connectivity index (χ1n) is 10.6. The fourth-order valence-corrected chi connectivity index (χ4v) is 5.35. The molecule has 2 aromatic carbocycles. The Labute approximate surface area is 196 Å². The Kier molecular flexibility index (Phi) is 7.22. The largest absolute Gasteiger partial charge is 0.342 e. The normalized spacial score (nSPS) is 15.9. The number of anilines is 1. The number of rotatable bonds is 8. The second-order valence-corrected chi connectivity index (χ2v) is 10.3. The minimum Gasteiger partial charge on any atom is -0.342 e. The number of benzene rings is 2. The lowest BCUT2D eigenvalue weighted by atomic mass is 10.1. The van der Waals surface area contributed by atoms with Crippen molar-refractivity contribution in [3.05, 3.63) is 70.8 Å². The van der Waals surface area contributed by atoms with Gasteiger partial charge in [-0.1, -0.05) is 82.8 Å². The van der Waals surface area contributed by atoms with Crippen LogP contribution >= 0.6 is 23.1 Å². The standard InChI is InChI=1S/C24H26N4O2S2/c1-16-6-8-18(9-7-16)10-11-28-14-20(13-21(28)29)22(30)25-23-26-27-24(32-23)31-15-19-5-3-4-17(2)12-19/h3-9,12,20H,10-11,13-15H2,1-2H3,(H,25,26,30). The van der Waals surface area contributed by atoms with Gasteiger partial charge in [-0.3, -0.25) is 9.59 Å². The number of nitrogens with zero attached hydrogens (tertiary/aromatic N) is 3. The van der Waals surface area contributed by atoms with Crippen LogP contribution in [0.15, 0.2) is 52.9 Å². The summed E-state index contributed by atoms with van der Waals surface area (Å²) in [5.41, 5.74) is 4.87. The number of hydrogen-bond donors (Lipinski definition) is 1. The van der Waals surface area contributed by atoms with Crippen LogP contribution in [-0.4, -0.2) is 40.0 Å². The van der Waals surface area contributed by atoms with Crippen LogP contribution < -0.4 is 5.32 Å². The number of hydrogen-bond acceptors (Lipinski definition) is 6. The van der Waals surface area contributed by atoms with E-state index in [1.165, 1.54) is 33.6 Å². The number of aryl methyl sites for hydroxylation is 2. The van der Waals surface area contributed by atoms with Gasteiger partial charge in [-0.2, -0.15) is 0 Å². The van der Waals surface area contributed by atoms with Crippen molar-refractivity contribution in [3.8, 4) is 0 Å². The maximum absolute atomic E-state index is 12.7. The van der Waals surface area contributed by atoms with Gasteiger partial charge in [-0.15, -0.1) is 10.2 Å². The molecule has 1 aliphatic heterocycles. The summed E-state index contributed by atoms with van der Waals surface area (Å²) in [6, 6.07) is 16.7. The molecule has 1 saturated heterocycles. The zero-order valence-electron chi connectivity index (χ0n) is 18.2. The monoisotopic (exact) mass is 466 g/mol. The second kappa shape index (κ2) is 10.3. The predicted octanol–water partition coefficient (Wildman–Crippen LogP) is 4.48. The molecule has 1 unspecified atom stereocenters. The van der Waals surface area contributed by atoms with E-state index in [-0.39, 0.29) is 24.2 Å². The summed E-state index contributed by atoms with van der Waals surface area (Å²) >= 11 is 2.96. The average Bonchev–Trinajstić information content (AvgIpc) is 3.38. The highest BCUT2D eigenvalue weighted by Gasteiger charge is 2.34. The molecule has 4 rings (SSSR count). The minimum absolute atomic E-state index is 0.0314.